The number of piperazine rings is 1. The Bertz CT molecular complexity index is 1200. The van der Waals surface area contributed by atoms with E-state index >= 15 is 0 Å². The van der Waals surface area contributed by atoms with Crippen LogP contribution in [0.1, 0.15) is 47.2 Å². The Morgan fingerprint density at radius 3 is 2.74 bits per heavy atom. The second kappa shape index (κ2) is 11.0. The average Bonchev–Trinajstić information content (AvgIpc) is 3.27. The molecule has 8 nitrogen and oxygen atoms in total. The number of anilines is 2. The number of carbonyl (C=O) groups is 1. The van der Waals surface area contributed by atoms with Crippen molar-refractivity contribution in [3.8, 4) is 0 Å². The lowest BCUT2D eigenvalue weighted by Crippen LogP contribution is -2.45. The van der Waals surface area contributed by atoms with E-state index in [1.54, 1.807) is 0 Å². The summed E-state index contributed by atoms with van der Waals surface area (Å²) in [6, 6.07) is 12.9. The minimum absolute atomic E-state index is 0.159. The van der Waals surface area contributed by atoms with E-state index in [9.17, 15) is 9.90 Å². The van der Waals surface area contributed by atoms with Gasteiger partial charge in [0.1, 0.15) is 11.6 Å². The van der Waals surface area contributed by atoms with Crippen LogP contribution in [0.3, 0.4) is 0 Å². The summed E-state index contributed by atoms with van der Waals surface area (Å²) in [6.07, 6.45) is 4.96. The van der Waals surface area contributed by atoms with Crippen molar-refractivity contribution in [1.29, 1.82) is 0 Å². The summed E-state index contributed by atoms with van der Waals surface area (Å²) in [7, 11) is 2.13. The number of aromatic nitrogens is 1. The molecular weight excluding hydrogens is 476 g/mol. The summed E-state index contributed by atoms with van der Waals surface area (Å²) in [5, 5.41) is 17.3. The lowest BCUT2D eigenvalue weighted by atomic mass is 9.93. The maximum absolute atomic E-state index is 13.2. The van der Waals surface area contributed by atoms with Crippen molar-refractivity contribution in [1.82, 2.24) is 20.1 Å². The zero-order chi connectivity index (χ0) is 26.1. The number of hydrogen-bond acceptors (Lipinski definition) is 7. The van der Waals surface area contributed by atoms with E-state index in [0.717, 1.165) is 76.6 Å². The molecule has 0 spiro atoms. The minimum Gasteiger partial charge on any atom is -0.390 e. The van der Waals surface area contributed by atoms with Gasteiger partial charge < -0.3 is 25.5 Å². The smallest absolute Gasteiger partial charge is 0.251 e. The maximum atomic E-state index is 13.2. The van der Waals surface area contributed by atoms with E-state index in [1.807, 2.05) is 12.1 Å². The van der Waals surface area contributed by atoms with Crippen LogP contribution in [0.25, 0.3) is 5.57 Å². The van der Waals surface area contributed by atoms with Gasteiger partial charge in [-0.05, 0) is 73.6 Å². The van der Waals surface area contributed by atoms with Gasteiger partial charge in [0.2, 0.25) is 0 Å². The summed E-state index contributed by atoms with van der Waals surface area (Å²) < 4.78 is 0. The third kappa shape index (κ3) is 5.58. The largest absolute Gasteiger partial charge is 0.390 e. The molecule has 1 saturated carbocycles. The Balaban J connectivity index is 1.06. The van der Waals surface area contributed by atoms with E-state index < -0.39 is 6.10 Å². The number of nitrogens with one attached hydrogen (secondary N) is 2. The van der Waals surface area contributed by atoms with Crippen LogP contribution in [-0.2, 0) is 6.42 Å². The first-order valence-corrected chi connectivity index (χ1v) is 14.2. The Hall–Kier alpha value is -2.94. The van der Waals surface area contributed by atoms with Crippen molar-refractivity contribution in [3.05, 3.63) is 58.7 Å². The predicted octanol–water partition coefficient (Wildman–Crippen LogP) is 2.60. The molecule has 0 radical (unpaired) electrons. The molecule has 1 saturated heterocycles. The number of amides is 1. The number of fused-ring (bicyclic) bond motifs is 2. The molecule has 1 unspecified atom stereocenters. The molecule has 2 aliphatic carbocycles. The van der Waals surface area contributed by atoms with Gasteiger partial charge in [-0.15, -0.1) is 0 Å². The first-order chi connectivity index (χ1) is 18.5. The van der Waals surface area contributed by atoms with Gasteiger partial charge in [-0.1, -0.05) is 24.3 Å². The van der Waals surface area contributed by atoms with E-state index in [2.05, 4.69) is 56.6 Å². The highest BCUT2D eigenvalue weighted by Gasteiger charge is 2.28. The lowest BCUT2D eigenvalue weighted by molar-refractivity contribution is 0.0866. The van der Waals surface area contributed by atoms with Crippen molar-refractivity contribution in [2.24, 2.45) is 0 Å². The quantitative estimate of drug-likeness (QED) is 0.498. The monoisotopic (exact) mass is 516 g/mol. The SMILES string of the molecule is CN1CCN(c2cc(C(=O)NCC(O)CN3CCC4=C(Cc5ccccc54)C3)cc(NC3CCC3)n2)CC1. The molecular formula is C30H40N6O2. The van der Waals surface area contributed by atoms with E-state index in [0.29, 0.717) is 18.2 Å². The molecule has 38 heavy (non-hydrogen) atoms. The van der Waals surface area contributed by atoms with Crippen LogP contribution in [0.5, 0.6) is 0 Å². The number of hydrogen-bond donors (Lipinski definition) is 3. The van der Waals surface area contributed by atoms with Gasteiger partial charge >= 0.3 is 0 Å². The van der Waals surface area contributed by atoms with Gasteiger partial charge in [0.05, 0.1) is 6.10 Å². The average molecular weight is 517 g/mol. The molecule has 2 aromatic rings. The first kappa shape index (κ1) is 25.3. The highest BCUT2D eigenvalue weighted by molar-refractivity contribution is 5.95. The summed E-state index contributed by atoms with van der Waals surface area (Å²) >= 11 is 0. The van der Waals surface area contributed by atoms with Crippen molar-refractivity contribution in [3.63, 3.8) is 0 Å². The van der Waals surface area contributed by atoms with Gasteiger partial charge in [0.15, 0.2) is 0 Å². The highest BCUT2D eigenvalue weighted by atomic mass is 16.3. The molecule has 2 aliphatic heterocycles. The van der Waals surface area contributed by atoms with Crippen LogP contribution in [0, 0.1) is 0 Å². The van der Waals surface area contributed by atoms with Gasteiger partial charge in [-0.3, -0.25) is 9.69 Å². The molecule has 6 rings (SSSR count). The van der Waals surface area contributed by atoms with Crippen molar-refractivity contribution in [2.75, 3.05) is 69.6 Å². The van der Waals surface area contributed by atoms with E-state index in [4.69, 9.17) is 4.98 Å². The fourth-order valence-corrected chi connectivity index (χ4v) is 6.09. The van der Waals surface area contributed by atoms with Crippen LogP contribution >= 0.6 is 0 Å². The topological polar surface area (TPSA) is 84.0 Å². The molecule has 8 heteroatoms. The molecule has 4 aliphatic rings. The molecule has 1 aromatic heterocycles. The summed E-state index contributed by atoms with van der Waals surface area (Å²) in [5.41, 5.74) is 6.41. The molecule has 3 N–H and O–H groups in total. The normalized spacial score (nSPS) is 21.1. The second-order valence-corrected chi connectivity index (χ2v) is 11.4. The zero-order valence-electron chi connectivity index (χ0n) is 22.5. The van der Waals surface area contributed by atoms with Crippen LogP contribution in [0.2, 0.25) is 0 Å². The molecule has 1 atom stereocenters. The summed E-state index contributed by atoms with van der Waals surface area (Å²) in [5.74, 6) is 1.46. The van der Waals surface area contributed by atoms with E-state index in [1.165, 1.54) is 28.7 Å². The number of likely N-dealkylation sites (N-methyl/N-ethyl adjacent to an activating group) is 1. The second-order valence-electron chi connectivity index (χ2n) is 11.4. The Morgan fingerprint density at radius 1 is 1.13 bits per heavy atom. The molecule has 2 fully saturated rings. The minimum atomic E-state index is -0.614. The lowest BCUT2D eigenvalue weighted by Gasteiger charge is -2.34. The number of benzene rings is 1. The molecule has 1 aromatic carbocycles. The number of β-amino-alcohol motifs (C(OH)–C–C–N with tert-alkyl or cyclic N) is 1. The molecule has 202 valence electrons. The molecule has 0 bridgehead atoms. The standard InChI is InChI=1S/C30H40N6O2/c1-34-11-13-36(14-12-34)29-17-22(16-28(33-29)32-24-6-4-7-24)30(38)31-18-25(37)20-35-10-9-27-23(19-35)15-21-5-2-3-8-26(21)27/h2-3,5,8,16-17,24-25,37H,4,6-7,9-15,18-20H2,1H3,(H,31,38)(H,32,33). The van der Waals surface area contributed by atoms with Crippen LogP contribution in [0.15, 0.2) is 42.0 Å². The number of nitrogens with zero attached hydrogens (tertiary/aromatic N) is 4. The Morgan fingerprint density at radius 2 is 1.95 bits per heavy atom. The third-order valence-electron chi connectivity index (χ3n) is 8.59. The van der Waals surface area contributed by atoms with Gasteiger partial charge in [0, 0.05) is 64.0 Å². The number of rotatable bonds is 8. The molecule has 1 amide bonds. The summed E-state index contributed by atoms with van der Waals surface area (Å²) in [6.45, 7) is 6.39. The number of aliphatic hydroxyl groups excluding tert-OH is 1. The van der Waals surface area contributed by atoms with Crippen molar-refractivity contribution < 1.29 is 9.90 Å². The van der Waals surface area contributed by atoms with Gasteiger partial charge in [-0.2, -0.15) is 0 Å². The molecule has 3 heterocycles. The third-order valence-corrected chi connectivity index (χ3v) is 8.59. The Kier molecular flexibility index (Phi) is 7.37. The number of carbonyl (C=O) groups excluding carboxylic acids is 1. The Labute approximate surface area is 225 Å². The number of aliphatic hydroxyl groups is 1. The van der Waals surface area contributed by atoms with Crippen molar-refractivity contribution in [2.45, 2.75) is 44.2 Å². The van der Waals surface area contributed by atoms with Crippen LogP contribution in [-0.4, -0.2) is 97.3 Å². The van der Waals surface area contributed by atoms with Crippen LogP contribution in [0.4, 0.5) is 11.6 Å². The maximum Gasteiger partial charge on any atom is 0.251 e. The predicted molar refractivity (Wildman–Crippen MR) is 152 cm³/mol. The van der Waals surface area contributed by atoms with E-state index in [-0.39, 0.29) is 12.5 Å². The fraction of sp³-hybridized carbons (Fsp3) is 0.533. The van der Waals surface area contributed by atoms with Crippen molar-refractivity contribution >= 4 is 23.1 Å². The van der Waals surface area contributed by atoms with Gasteiger partial charge in [0.25, 0.3) is 5.91 Å². The first-order valence-electron chi connectivity index (χ1n) is 14.2. The zero-order valence-corrected chi connectivity index (χ0v) is 22.5. The van der Waals surface area contributed by atoms with Gasteiger partial charge in [-0.25, -0.2) is 4.98 Å². The van der Waals surface area contributed by atoms with Crippen LogP contribution < -0.4 is 15.5 Å². The summed E-state index contributed by atoms with van der Waals surface area (Å²) in [4.78, 5) is 25.0. The fourth-order valence-electron chi connectivity index (χ4n) is 6.09. The highest BCUT2D eigenvalue weighted by Crippen LogP contribution is 2.37. The number of pyridine rings is 1.